The minimum atomic E-state index is -0.472. The normalized spacial score (nSPS) is 12.3. The van der Waals surface area contributed by atoms with Crippen LogP contribution in [0.2, 0.25) is 0 Å². The van der Waals surface area contributed by atoms with Crippen molar-refractivity contribution in [3.8, 4) is 0 Å². The SMILES string of the molecule is Cc1cccc([C@H](C)n2c(=O)cnc3cc([N+](=O)[O-])ccc32)c1. The summed E-state index contributed by atoms with van der Waals surface area (Å²) < 4.78 is 1.61. The van der Waals surface area contributed by atoms with E-state index in [1.165, 1.54) is 18.3 Å². The summed E-state index contributed by atoms with van der Waals surface area (Å²) >= 11 is 0. The highest BCUT2D eigenvalue weighted by atomic mass is 16.6. The van der Waals surface area contributed by atoms with Crippen molar-refractivity contribution < 1.29 is 4.92 Å². The zero-order valence-electron chi connectivity index (χ0n) is 12.8. The van der Waals surface area contributed by atoms with Crippen molar-refractivity contribution in [2.24, 2.45) is 0 Å². The maximum Gasteiger partial charge on any atom is 0.271 e. The predicted molar refractivity (Wildman–Crippen MR) is 87.6 cm³/mol. The third-order valence-electron chi connectivity index (χ3n) is 3.89. The molecule has 0 aliphatic rings. The number of non-ortho nitro benzene ring substituents is 1. The van der Waals surface area contributed by atoms with Crippen LogP contribution in [0.3, 0.4) is 0 Å². The van der Waals surface area contributed by atoms with Gasteiger partial charge in [-0.25, -0.2) is 4.98 Å². The number of hydrogen-bond donors (Lipinski definition) is 0. The van der Waals surface area contributed by atoms with Gasteiger partial charge in [-0.05, 0) is 25.5 Å². The van der Waals surface area contributed by atoms with Crippen molar-refractivity contribution in [1.29, 1.82) is 0 Å². The van der Waals surface area contributed by atoms with E-state index in [4.69, 9.17) is 0 Å². The summed E-state index contributed by atoms with van der Waals surface area (Å²) in [6.45, 7) is 3.92. The van der Waals surface area contributed by atoms with E-state index in [2.05, 4.69) is 4.98 Å². The number of aryl methyl sites for hydroxylation is 1. The van der Waals surface area contributed by atoms with Crippen LogP contribution in [0.15, 0.2) is 53.5 Å². The molecule has 0 spiro atoms. The van der Waals surface area contributed by atoms with Crippen molar-refractivity contribution in [3.63, 3.8) is 0 Å². The van der Waals surface area contributed by atoms with Gasteiger partial charge in [-0.3, -0.25) is 19.5 Å². The number of fused-ring (bicyclic) bond motifs is 1. The Bertz CT molecular complexity index is 963. The molecule has 0 N–H and O–H groups in total. The Morgan fingerprint density at radius 3 is 2.70 bits per heavy atom. The van der Waals surface area contributed by atoms with Gasteiger partial charge in [0.15, 0.2) is 0 Å². The van der Waals surface area contributed by atoms with Crippen LogP contribution in [0.25, 0.3) is 11.0 Å². The first-order chi connectivity index (χ1) is 11.0. The van der Waals surface area contributed by atoms with Crippen LogP contribution in [-0.4, -0.2) is 14.5 Å². The van der Waals surface area contributed by atoms with E-state index in [1.54, 1.807) is 10.6 Å². The quantitative estimate of drug-likeness (QED) is 0.549. The van der Waals surface area contributed by atoms with E-state index in [0.717, 1.165) is 11.1 Å². The fraction of sp³-hybridized carbons (Fsp3) is 0.176. The van der Waals surface area contributed by atoms with Gasteiger partial charge in [0.2, 0.25) is 0 Å². The molecule has 0 bridgehead atoms. The first-order valence-electron chi connectivity index (χ1n) is 7.19. The number of nitrogens with zero attached hydrogens (tertiary/aromatic N) is 3. The smallest absolute Gasteiger partial charge is 0.271 e. The van der Waals surface area contributed by atoms with E-state index < -0.39 is 4.92 Å². The molecule has 1 aromatic heterocycles. The fourth-order valence-corrected chi connectivity index (χ4v) is 2.72. The summed E-state index contributed by atoms with van der Waals surface area (Å²) in [6.07, 6.45) is 1.21. The highest BCUT2D eigenvalue weighted by Gasteiger charge is 2.15. The summed E-state index contributed by atoms with van der Waals surface area (Å²) in [5, 5.41) is 10.9. The molecule has 0 aliphatic heterocycles. The largest absolute Gasteiger partial charge is 0.298 e. The van der Waals surface area contributed by atoms with Crippen molar-refractivity contribution in [1.82, 2.24) is 9.55 Å². The molecule has 1 atom stereocenters. The van der Waals surface area contributed by atoms with Gasteiger partial charge in [0, 0.05) is 12.1 Å². The van der Waals surface area contributed by atoms with Crippen molar-refractivity contribution >= 4 is 16.7 Å². The first-order valence-corrected chi connectivity index (χ1v) is 7.19. The van der Waals surface area contributed by atoms with E-state index in [-0.39, 0.29) is 17.3 Å². The lowest BCUT2D eigenvalue weighted by Gasteiger charge is -2.18. The minimum absolute atomic E-state index is 0.0431. The summed E-state index contributed by atoms with van der Waals surface area (Å²) in [7, 11) is 0. The molecule has 6 heteroatoms. The van der Waals surface area contributed by atoms with Crippen LogP contribution in [0.5, 0.6) is 0 Å². The molecule has 1 heterocycles. The van der Waals surface area contributed by atoms with Crippen LogP contribution in [-0.2, 0) is 0 Å². The third-order valence-corrected chi connectivity index (χ3v) is 3.89. The molecule has 0 saturated carbocycles. The monoisotopic (exact) mass is 309 g/mol. The highest BCUT2D eigenvalue weighted by Crippen LogP contribution is 2.23. The highest BCUT2D eigenvalue weighted by molar-refractivity contribution is 5.77. The number of nitro benzene ring substituents is 1. The molecule has 0 amide bonds. The molecule has 3 rings (SSSR count). The average molecular weight is 309 g/mol. The molecule has 23 heavy (non-hydrogen) atoms. The second kappa shape index (κ2) is 5.64. The Hall–Kier alpha value is -3.02. The predicted octanol–water partition coefficient (Wildman–Crippen LogP) is 3.22. The minimum Gasteiger partial charge on any atom is -0.298 e. The topological polar surface area (TPSA) is 78.0 Å². The second-order valence-corrected chi connectivity index (χ2v) is 5.49. The van der Waals surface area contributed by atoms with Crippen LogP contribution >= 0.6 is 0 Å². The van der Waals surface area contributed by atoms with Gasteiger partial charge in [0.25, 0.3) is 11.2 Å². The van der Waals surface area contributed by atoms with Gasteiger partial charge in [-0.2, -0.15) is 0 Å². The molecule has 0 saturated heterocycles. The van der Waals surface area contributed by atoms with Gasteiger partial charge >= 0.3 is 0 Å². The average Bonchev–Trinajstić information content (AvgIpc) is 2.53. The van der Waals surface area contributed by atoms with Gasteiger partial charge in [-0.1, -0.05) is 29.8 Å². The Morgan fingerprint density at radius 2 is 2.00 bits per heavy atom. The van der Waals surface area contributed by atoms with Gasteiger partial charge in [0.05, 0.1) is 28.2 Å². The number of aromatic nitrogens is 2. The number of nitro groups is 1. The van der Waals surface area contributed by atoms with E-state index >= 15 is 0 Å². The zero-order valence-corrected chi connectivity index (χ0v) is 12.8. The molecular formula is C17H15N3O3. The molecule has 116 valence electrons. The third kappa shape index (κ3) is 2.70. The van der Waals surface area contributed by atoms with E-state index in [9.17, 15) is 14.9 Å². The standard InChI is InChI=1S/C17H15N3O3/c1-11-4-3-5-13(8-11)12(2)19-16-7-6-14(20(22)23)9-15(16)18-10-17(19)21/h3-10,12H,1-2H3/t12-/m0/s1. The fourth-order valence-electron chi connectivity index (χ4n) is 2.72. The Morgan fingerprint density at radius 1 is 1.22 bits per heavy atom. The van der Waals surface area contributed by atoms with Crippen LogP contribution in [0.4, 0.5) is 5.69 Å². The lowest BCUT2D eigenvalue weighted by atomic mass is 10.1. The van der Waals surface area contributed by atoms with E-state index in [0.29, 0.717) is 11.0 Å². The number of benzene rings is 2. The second-order valence-electron chi connectivity index (χ2n) is 5.49. The summed E-state index contributed by atoms with van der Waals surface area (Å²) in [4.78, 5) is 26.8. The summed E-state index contributed by atoms with van der Waals surface area (Å²) in [5.74, 6) is 0. The van der Waals surface area contributed by atoms with Crippen LogP contribution in [0, 0.1) is 17.0 Å². The first kappa shape index (κ1) is 14.9. The Kier molecular flexibility index (Phi) is 3.65. The number of rotatable bonds is 3. The van der Waals surface area contributed by atoms with Crippen LogP contribution < -0.4 is 5.56 Å². The molecule has 0 radical (unpaired) electrons. The summed E-state index contributed by atoms with van der Waals surface area (Å²) in [6, 6.07) is 12.1. The molecule has 2 aromatic carbocycles. The Labute approximate surface area is 132 Å². The molecule has 0 aliphatic carbocycles. The molecule has 0 fully saturated rings. The zero-order chi connectivity index (χ0) is 16.6. The van der Waals surface area contributed by atoms with Gasteiger partial charge in [0.1, 0.15) is 0 Å². The molecule has 0 unspecified atom stereocenters. The van der Waals surface area contributed by atoms with E-state index in [1.807, 2.05) is 38.1 Å². The summed E-state index contributed by atoms with van der Waals surface area (Å²) in [5.41, 5.74) is 2.84. The van der Waals surface area contributed by atoms with Crippen LogP contribution in [0.1, 0.15) is 24.1 Å². The lowest BCUT2D eigenvalue weighted by molar-refractivity contribution is -0.384. The maximum atomic E-state index is 12.3. The van der Waals surface area contributed by atoms with Crippen molar-refractivity contribution in [3.05, 3.63) is 80.3 Å². The van der Waals surface area contributed by atoms with Crippen molar-refractivity contribution in [2.45, 2.75) is 19.9 Å². The molecule has 3 aromatic rings. The van der Waals surface area contributed by atoms with Crippen molar-refractivity contribution in [2.75, 3.05) is 0 Å². The molecule has 6 nitrogen and oxygen atoms in total. The molecular weight excluding hydrogens is 294 g/mol. The van der Waals surface area contributed by atoms with Gasteiger partial charge < -0.3 is 0 Å². The Balaban J connectivity index is 2.22. The number of hydrogen-bond acceptors (Lipinski definition) is 4. The maximum absolute atomic E-state index is 12.3. The lowest BCUT2D eigenvalue weighted by Crippen LogP contribution is -2.24. The van der Waals surface area contributed by atoms with Gasteiger partial charge in [-0.15, -0.1) is 0 Å².